The zero-order chi connectivity index (χ0) is 23.3. The Bertz CT molecular complexity index is 1420. The highest BCUT2D eigenvalue weighted by Gasteiger charge is 2.45. The van der Waals surface area contributed by atoms with E-state index in [9.17, 15) is 19.8 Å². The average molecular weight is 480 g/mol. The van der Waals surface area contributed by atoms with Gasteiger partial charge in [0.2, 0.25) is 5.78 Å². The van der Waals surface area contributed by atoms with Crippen LogP contribution in [0, 0.1) is 0 Å². The molecular weight excluding hydrogens is 465 g/mol. The number of aliphatic hydroxyl groups excluding tert-OH is 1. The van der Waals surface area contributed by atoms with Crippen molar-refractivity contribution in [1.29, 1.82) is 0 Å². The molecule has 1 atom stereocenters. The molecule has 0 saturated heterocycles. The van der Waals surface area contributed by atoms with Gasteiger partial charge in [0, 0.05) is 11.1 Å². The van der Waals surface area contributed by atoms with Gasteiger partial charge in [0.15, 0.2) is 11.5 Å². The van der Waals surface area contributed by atoms with E-state index in [0.717, 1.165) is 0 Å². The number of carbonyl (C=O) groups excluding carboxylic acids is 2. The molecule has 0 saturated carbocycles. The van der Waals surface area contributed by atoms with Crippen molar-refractivity contribution in [3.63, 3.8) is 0 Å². The summed E-state index contributed by atoms with van der Waals surface area (Å²) in [5.41, 5.74) is 1.20. The van der Waals surface area contributed by atoms with Crippen molar-refractivity contribution >= 4 is 51.5 Å². The zero-order valence-electron chi connectivity index (χ0n) is 16.8. The van der Waals surface area contributed by atoms with E-state index in [1.165, 1.54) is 29.2 Å². The van der Waals surface area contributed by atoms with Gasteiger partial charge >= 0.3 is 0 Å². The zero-order valence-corrected chi connectivity index (χ0v) is 18.3. The average Bonchev–Trinajstić information content (AvgIpc) is 3.35. The van der Waals surface area contributed by atoms with E-state index in [1.807, 2.05) is 6.07 Å². The number of hydrogen-bond donors (Lipinski definition) is 2. The monoisotopic (exact) mass is 479 g/mol. The van der Waals surface area contributed by atoms with Crippen molar-refractivity contribution in [2.45, 2.75) is 6.04 Å². The first kappa shape index (κ1) is 21.1. The third-order valence-electron chi connectivity index (χ3n) is 5.49. The topological polar surface area (TPSA) is 91.0 Å². The fourth-order valence-corrected chi connectivity index (χ4v) is 4.23. The van der Waals surface area contributed by atoms with Crippen LogP contribution < -0.4 is 4.90 Å². The molecule has 2 N–H and O–H groups in total. The second kappa shape index (κ2) is 7.99. The minimum absolute atomic E-state index is 0.00897. The Morgan fingerprint density at radius 3 is 2.33 bits per heavy atom. The van der Waals surface area contributed by atoms with Crippen molar-refractivity contribution in [1.82, 2.24) is 0 Å². The van der Waals surface area contributed by atoms with Crippen molar-refractivity contribution in [2.75, 3.05) is 4.90 Å². The Hall–Kier alpha value is -3.74. The van der Waals surface area contributed by atoms with Crippen LogP contribution in [0.25, 0.3) is 11.0 Å². The number of hydrogen-bond acceptors (Lipinski definition) is 5. The third kappa shape index (κ3) is 3.53. The van der Waals surface area contributed by atoms with Crippen LogP contribution in [0.5, 0.6) is 5.75 Å². The predicted octanol–water partition coefficient (Wildman–Crippen LogP) is 6.23. The quantitative estimate of drug-likeness (QED) is 0.338. The van der Waals surface area contributed by atoms with Gasteiger partial charge in [-0.05, 0) is 48.0 Å². The molecule has 0 radical (unpaired) electrons. The summed E-state index contributed by atoms with van der Waals surface area (Å²) in [5, 5.41) is 21.8. The lowest BCUT2D eigenvalue weighted by atomic mass is 9.94. The number of ketones is 1. The minimum atomic E-state index is -0.990. The molecule has 1 aromatic heterocycles. The van der Waals surface area contributed by atoms with Crippen LogP contribution in [0.15, 0.2) is 88.5 Å². The van der Waals surface area contributed by atoms with Gasteiger partial charge in [0.05, 0.1) is 21.7 Å². The van der Waals surface area contributed by atoms with E-state index in [-0.39, 0.29) is 22.1 Å². The van der Waals surface area contributed by atoms with Crippen LogP contribution in [0.4, 0.5) is 5.69 Å². The smallest absolute Gasteiger partial charge is 0.294 e. The third-order valence-corrected chi connectivity index (χ3v) is 6.23. The molecule has 33 heavy (non-hydrogen) atoms. The molecule has 164 valence electrons. The van der Waals surface area contributed by atoms with Crippen molar-refractivity contribution in [3.05, 3.63) is 105 Å². The molecule has 2 heterocycles. The van der Waals surface area contributed by atoms with Gasteiger partial charge in [-0.15, -0.1) is 0 Å². The number of phenolic OH excluding ortho intramolecular Hbond substituents is 1. The Balaban J connectivity index is 1.67. The van der Waals surface area contributed by atoms with Crippen LogP contribution in [0.1, 0.15) is 22.2 Å². The molecule has 0 spiro atoms. The standard InChI is InChI=1S/C25H15Cl2NO5/c26-17-10-7-15(12-18(17)27)28-22(13-5-8-16(29)9-6-13)21(24(31)25(28)32)23(30)20-11-14-3-1-2-4-19(14)33-20/h1-12,22,29,31H. The van der Waals surface area contributed by atoms with Gasteiger partial charge in [-0.1, -0.05) is 53.5 Å². The second-order valence-electron chi connectivity index (χ2n) is 7.51. The molecule has 4 aromatic rings. The number of Topliss-reactive ketones (excluding diaryl/α,β-unsaturated/α-hetero) is 1. The van der Waals surface area contributed by atoms with E-state index < -0.39 is 23.5 Å². The number of benzene rings is 3. The van der Waals surface area contributed by atoms with Crippen LogP contribution in [0.2, 0.25) is 10.0 Å². The maximum atomic E-state index is 13.5. The van der Waals surface area contributed by atoms with E-state index in [0.29, 0.717) is 27.2 Å². The van der Waals surface area contributed by atoms with Gasteiger partial charge in [0.1, 0.15) is 11.3 Å². The number of phenols is 1. The summed E-state index contributed by atoms with van der Waals surface area (Å²) in [6, 6.07) is 18.3. The summed E-state index contributed by atoms with van der Waals surface area (Å²) in [4.78, 5) is 28.0. The number of rotatable bonds is 4. The number of carbonyl (C=O) groups is 2. The number of aromatic hydroxyl groups is 1. The SMILES string of the molecule is O=C(C1=C(O)C(=O)N(c2ccc(Cl)c(Cl)c2)C1c1ccc(O)cc1)c1cc2ccccc2o1. The van der Waals surface area contributed by atoms with E-state index in [2.05, 4.69) is 0 Å². The Morgan fingerprint density at radius 2 is 1.64 bits per heavy atom. The van der Waals surface area contributed by atoms with Gasteiger partial charge in [-0.2, -0.15) is 0 Å². The molecule has 0 aliphatic carbocycles. The predicted molar refractivity (Wildman–Crippen MR) is 125 cm³/mol. The van der Waals surface area contributed by atoms with Crippen LogP contribution >= 0.6 is 23.2 Å². The Morgan fingerprint density at radius 1 is 0.909 bits per heavy atom. The lowest BCUT2D eigenvalue weighted by Crippen LogP contribution is -2.31. The van der Waals surface area contributed by atoms with Gasteiger partial charge in [-0.3, -0.25) is 14.5 Å². The van der Waals surface area contributed by atoms with Gasteiger partial charge < -0.3 is 14.6 Å². The molecule has 0 fully saturated rings. The number of amides is 1. The summed E-state index contributed by atoms with van der Waals surface area (Å²) in [7, 11) is 0. The highest BCUT2D eigenvalue weighted by Crippen LogP contribution is 2.43. The van der Waals surface area contributed by atoms with E-state index in [1.54, 1.807) is 42.5 Å². The van der Waals surface area contributed by atoms with Crippen molar-refractivity contribution in [2.24, 2.45) is 0 Å². The maximum absolute atomic E-state index is 13.5. The molecule has 1 aliphatic heterocycles. The summed E-state index contributed by atoms with van der Waals surface area (Å²) in [6.45, 7) is 0. The number of furan rings is 1. The number of anilines is 1. The fraction of sp³-hybridized carbons (Fsp3) is 0.0400. The van der Waals surface area contributed by atoms with E-state index in [4.69, 9.17) is 27.6 Å². The summed E-state index contributed by atoms with van der Waals surface area (Å²) in [5.74, 6) is -2.08. The molecule has 6 nitrogen and oxygen atoms in total. The van der Waals surface area contributed by atoms with Crippen LogP contribution in [0.3, 0.4) is 0 Å². The summed E-state index contributed by atoms with van der Waals surface area (Å²) < 4.78 is 5.70. The first-order valence-corrected chi connectivity index (χ1v) is 10.6. The largest absolute Gasteiger partial charge is 0.508 e. The molecule has 3 aromatic carbocycles. The maximum Gasteiger partial charge on any atom is 0.294 e. The van der Waals surface area contributed by atoms with Crippen molar-refractivity contribution in [3.8, 4) is 5.75 Å². The lowest BCUT2D eigenvalue weighted by molar-refractivity contribution is -0.117. The van der Waals surface area contributed by atoms with E-state index >= 15 is 0 Å². The minimum Gasteiger partial charge on any atom is -0.508 e. The fourth-order valence-electron chi connectivity index (χ4n) is 3.94. The second-order valence-corrected chi connectivity index (χ2v) is 8.32. The lowest BCUT2D eigenvalue weighted by Gasteiger charge is -2.27. The first-order valence-electron chi connectivity index (χ1n) is 9.89. The first-order chi connectivity index (χ1) is 15.8. The molecule has 1 aliphatic rings. The normalized spacial score (nSPS) is 16.1. The number of halogens is 2. The molecule has 1 amide bonds. The molecule has 8 heteroatoms. The Labute approximate surface area is 197 Å². The Kier molecular flexibility index (Phi) is 5.12. The highest BCUT2D eigenvalue weighted by atomic mass is 35.5. The molecule has 5 rings (SSSR count). The van der Waals surface area contributed by atoms with Gasteiger partial charge in [-0.25, -0.2) is 0 Å². The van der Waals surface area contributed by atoms with Gasteiger partial charge in [0.25, 0.3) is 5.91 Å². The molecular formula is C25H15Cl2NO5. The van der Waals surface area contributed by atoms with Crippen LogP contribution in [-0.4, -0.2) is 21.9 Å². The summed E-state index contributed by atoms with van der Waals surface area (Å²) >= 11 is 12.2. The molecule has 1 unspecified atom stereocenters. The number of fused-ring (bicyclic) bond motifs is 1. The number of para-hydroxylation sites is 1. The van der Waals surface area contributed by atoms with Crippen molar-refractivity contribution < 1.29 is 24.2 Å². The number of aliphatic hydroxyl groups is 1. The van der Waals surface area contributed by atoms with Crippen LogP contribution in [-0.2, 0) is 4.79 Å². The summed E-state index contributed by atoms with van der Waals surface area (Å²) in [6.07, 6.45) is 0. The number of nitrogens with zero attached hydrogens (tertiary/aromatic N) is 1. The highest BCUT2D eigenvalue weighted by molar-refractivity contribution is 6.42. The molecule has 0 bridgehead atoms.